The summed E-state index contributed by atoms with van der Waals surface area (Å²) in [5.41, 5.74) is 6.89. The number of pyridine rings is 1. The van der Waals surface area contributed by atoms with Gasteiger partial charge < -0.3 is 21.5 Å². The van der Waals surface area contributed by atoms with Crippen LogP contribution in [-0.2, 0) is 0 Å². The number of carbonyl (C=O) groups excluding carboxylic acids is 2. The summed E-state index contributed by atoms with van der Waals surface area (Å²) in [5, 5.41) is 28.8. The smallest absolute Gasteiger partial charge is 0.255 e. The van der Waals surface area contributed by atoms with Crippen LogP contribution in [0.4, 0.5) is 15.8 Å². The van der Waals surface area contributed by atoms with E-state index >= 15 is 0 Å². The molecule has 0 fully saturated rings. The van der Waals surface area contributed by atoms with Crippen LogP contribution in [0.25, 0.3) is 16.9 Å². The van der Waals surface area contributed by atoms with Crippen molar-refractivity contribution in [3.63, 3.8) is 0 Å². The number of hydrogen-bond donors (Lipinski definition) is 4. The van der Waals surface area contributed by atoms with Gasteiger partial charge in [0.1, 0.15) is 12.2 Å². The number of anilines is 2. The fraction of sp³-hybridized carbons (Fsp3) is 0.192. The number of aliphatic hydroxyl groups is 1. The first-order valence-corrected chi connectivity index (χ1v) is 11.3. The van der Waals surface area contributed by atoms with Gasteiger partial charge in [-0.3, -0.25) is 14.6 Å². The van der Waals surface area contributed by atoms with Crippen LogP contribution in [0.5, 0.6) is 0 Å². The lowest BCUT2D eigenvalue weighted by Gasteiger charge is -2.22. The highest BCUT2D eigenvalue weighted by atomic mass is 19.1. The van der Waals surface area contributed by atoms with Gasteiger partial charge in [0.05, 0.1) is 63.3 Å². The highest BCUT2D eigenvalue weighted by Crippen LogP contribution is 2.29. The van der Waals surface area contributed by atoms with Crippen molar-refractivity contribution in [1.29, 1.82) is 5.26 Å². The summed E-state index contributed by atoms with van der Waals surface area (Å²) in [7, 11) is 0. The number of para-hydroxylation sites is 1. The summed E-state index contributed by atoms with van der Waals surface area (Å²) in [6.45, 7) is 2.20. The first-order valence-electron chi connectivity index (χ1n) is 11.3. The molecule has 4 aromatic rings. The summed E-state index contributed by atoms with van der Waals surface area (Å²) in [5.74, 6) is -1.30. The second-order valence-corrected chi connectivity index (χ2v) is 8.89. The second-order valence-electron chi connectivity index (χ2n) is 8.89. The van der Waals surface area contributed by atoms with Gasteiger partial charge >= 0.3 is 0 Å². The zero-order chi connectivity index (χ0) is 26.7. The Balaban J connectivity index is 1.76. The predicted octanol–water partition coefficient (Wildman–Crippen LogP) is 2.95. The quantitative estimate of drug-likeness (QED) is 0.289. The van der Waals surface area contributed by atoms with Crippen molar-refractivity contribution in [2.45, 2.75) is 25.6 Å². The summed E-state index contributed by atoms with van der Waals surface area (Å²) in [6, 6.07) is 15.4. The van der Waals surface area contributed by atoms with Crippen LogP contribution >= 0.6 is 0 Å². The summed E-state index contributed by atoms with van der Waals surface area (Å²) < 4.78 is 15.8. The molecule has 0 spiro atoms. The number of rotatable bonds is 8. The molecule has 188 valence electrons. The number of nitrogens with two attached hydrogens (primary N) is 1. The van der Waals surface area contributed by atoms with Crippen LogP contribution in [0.15, 0.2) is 60.9 Å². The molecule has 0 bridgehead atoms. The van der Waals surface area contributed by atoms with Gasteiger partial charge in [-0.25, -0.2) is 8.91 Å². The number of benzene rings is 1. The van der Waals surface area contributed by atoms with Crippen LogP contribution in [0, 0.1) is 11.3 Å². The number of aromatic nitrogens is 3. The Morgan fingerprint density at radius 2 is 1.92 bits per heavy atom. The maximum atomic E-state index is 14.3. The molecule has 0 aliphatic carbocycles. The molecule has 5 N–H and O–H groups in total. The number of carbonyl (C=O) groups is 2. The Hall–Kier alpha value is -4.82. The lowest BCUT2D eigenvalue weighted by atomic mass is 10.0. The molecular weight excluding hydrogens is 477 g/mol. The van der Waals surface area contributed by atoms with Crippen molar-refractivity contribution in [3.05, 3.63) is 77.6 Å². The van der Waals surface area contributed by atoms with Gasteiger partial charge in [-0.2, -0.15) is 10.4 Å². The van der Waals surface area contributed by atoms with Crippen LogP contribution in [0.3, 0.4) is 0 Å². The Morgan fingerprint density at radius 1 is 1.16 bits per heavy atom. The number of primary amides is 1. The maximum absolute atomic E-state index is 14.3. The van der Waals surface area contributed by atoms with Crippen molar-refractivity contribution >= 4 is 28.7 Å². The molecule has 0 radical (unpaired) electrons. The molecule has 0 saturated carbocycles. The summed E-state index contributed by atoms with van der Waals surface area (Å²) in [6.07, 6.45) is 1.05. The zero-order valence-electron chi connectivity index (χ0n) is 20.1. The number of nitriles is 1. The number of nitrogens with zero attached hydrogens (tertiary/aromatic N) is 4. The number of alkyl halides is 1. The molecular formula is C26H24FN7O3. The highest BCUT2D eigenvalue weighted by molar-refractivity contribution is 6.03. The molecule has 1 unspecified atom stereocenters. The predicted molar refractivity (Wildman–Crippen MR) is 135 cm³/mol. The van der Waals surface area contributed by atoms with Gasteiger partial charge in [0, 0.05) is 6.20 Å². The van der Waals surface area contributed by atoms with E-state index in [9.17, 15) is 19.1 Å². The van der Waals surface area contributed by atoms with Gasteiger partial charge in [0.15, 0.2) is 0 Å². The van der Waals surface area contributed by atoms with Crippen LogP contribution in [0.2, 0.25) is 0 Å². The molecule has 37 heavy (non-hydrogen) atoms. The Labute approximate surface area is 211 Å². The van der Waals surface area contributed by atoms with Gasteiger partial charge in [-0.1, -0.05) is 12.1 Å². The van der Waals surface area contributed by atoms with Crippen molar-refractivity contribution < 1.29 is 19.1 Å². The maximum Gasteiger partial charge on any atom is 0.255 e. The van der Waals surface area contributed by atoms with Crippen LogP contribution in [-0.4, -0.2) is 49.8 Å². The molecule has 0 aliphatic rings. The SMILES string of the molecule is CC(C)(O)C(F)CNC(=O)c1cnc(-c2ccc3cc(C#N)cnn23)cc1Nc1ccccc1C(N)=O. The van der Waals surface area contributed by atoms with Crippen molar-refractivity contribution in [2.75, 3.05) is 11.9 Å². The average molecular weight is 502 g/mol. The first-order chi connectivity index (χ1) is 17.6. The molecule has 1 aromatic carbocycles. The zero-order valence-corrected chi connectivity index (χ0v) is 20.1. The molecule has 10 nitrogen and oxygen atoms in total. The van der Waals surface area contributed by atoms with E-state index in [-0.39, 0.29) is 16.8 Å². The average Bonchev–Trinajstić information content (AvgIpc) is 3.29. The molecule has 3 aromatic heterocycles. The van der Waals surface area contributed by atoms with E-state index in [1.54, 1.807) is 53.0 Å². The highest BCUT2D eigenvalue weighted by Gasteiger charge is 2.27. The van der Waals surface area contributed by atoms with E-state index in [0.29, 0.717) is 28.2 Å². The van der Waals surface area contributed by atoms with Gasteiger partial charge in [-0.15, -0.1) is 0 Å². The number of nitrogens with one attached hydrogen (secondary N) is 2. The monoisotopic (exact) mass is 501 g/mol. The van der Waals surface area contributed by atoms with Crippen molar-refractivity contribution in [2.24, 2.45) is 5.73 Å². The minimum Gasteiger partial charge on any atom is -0.387 e. The third-order valence-electron chi connectivity index (χ3n) is 5.71. The van der Waals surface area contributed by atoms with E-state index in [1.807, 2.05) is 6.07 Å². The first kappa shape index (κ1) is 25.3. The molecule has 0 aliphatic heterocycles. The molecule has 11 heteroatoms. The minimum absolute atomic E-state index is 0.0755. The van der Waals surface area contributed by atoms with Gasteiger partial charge in [0.25, 0.3) is 11.8 Å². The van der Waals surface area contributed by atoms with E-state index in [0.717, 1.165) is 0 Å². The van der Waals surface area contributed by atoms with Crippen LogP contribution < -0.4 is 16.4 Å². The fourth-order valence-electron chi connectivity index (χ4n) is 3.61. The van der Waals surface area contributed by atoms with Crippen molar-refractivity contribution in [1.82, 2.24) is 19.9 Å². The lowest BCUT2D eigenvalue weighted by molar-refractivity contribution is -0.00177. The standard InChI is InChI=1S/C26H24FN7O3/c1-26(2,37)23(27)14-31-25(36)18-13-30-21(22-8-7-16-9-15(11-28)12-32-34(16)22)10-20(18)33-19-6-4-3-5-17(19)24(29)35/h3-10,12-13,23,37H,14H2,1-2H3,(H2,29,35)(H,30,33)(H,31,36). The topological polar surface area (TPSA) is 158 Å². The molecule has 3 heterocycles. The molecule has 2 amide bonds. The summed E-state index contributed by atoms with van der Waals surface area (Å²) >= 11 is 0. The largest absolute Gasteiger partial charge is 0.387 e. The molecule has 4 rings (SSSR count). The Bertz CT molecular complexity index is 1540. The number of amides is 2. The minimum atomic E-state index is -1.70. The second kappa shape index (κ2) is 10.0. The van der Waals surface area contributed by atoms with Gasteiger partial charge in [0.2, 0.25) is 0 Å². The molecule has 1 atom stereocenters. The fourth-order valence-corrected chi connectivity index (χ4v) is 3.61. The third kappa shape index (κ3) is 5.39. The van der Waals surface area contributed by atoms with Crippen molar-refractivity contribution in [3.8, 4) is 17.5 Å². The van der Waals surface area contributed by atoms with Gasteiger partial charge in [-0.05, 0) is 50.2 Å². The third-order valence-corrected chi connectivity index (χ3v) is 5.71. The summed E-state index contributed by atoms with van der Waals surface area (Å²) in [4.78, 5) is 29.4. The van der Waals surface area contributed by atoms with E-state index in [4.69, 9.17) is 11.0 Å². The van der Waals surface area contributed by atoms with E-state index < -0.39 is 30.1 Å². The van der Waals surface area contributed by atoms with Crippen LogP contribution in [0.1, 0.15) is 40.1 Å². The lowest BCUT2D eigenvalue weighted by Crippen LogP contribution is -2.42. The molecule has 0 saturated heterocycles. The van der Waals surface area contributed by atoms with E-state index in [2.05, 4.69) is 20.7 Å². The van der Waals surface area contributed by atoms with E-state index in [1.165, 1.54) is 26.2 Å². The number of hydrogen-bond acceptors (Lipinski definition) is 7. The number of fused-ring (bicyclic) bond motifs is 1. The Morgan fingerprint density at radius 3 is 2.62 bits per heavy atom. The number of halogens is 1. The Kier molecular flexibility index (Phi) is 6.86. The normalized spacial score (nSPS) is 12.1.